The SMILES string of the molecule is COC(=O)C1=C(C(=O)OC)N(c2ccc(Oc3ccnc(C(N)=O)c3)cc2)COC1. The van der Waals surface area contributed by atoms with E-state index in [9.17, 15) is 14.4 Å². The molecule has 2 heterocycles. The maximum absolute atomic E-state index is 12.3. The number of primary amides is 1. The summed E-state index contributed by atoms with van der Waals surface area (Å²) in [6.45, 7) is -0.0313. The Labute approximate surface area is 171 Å². The molecule has 1 aromatic carbocycles. The third-order valence-corrected chi connectivity index (χ3v) is 4.20. The van der Waals surface area contributed by atoms with Crippen LogP contribution in [-0.2, 0) is 23.8 Å². The van der Waals surface area contributed by atoms with Gasteiger partial charge in [-0.1, -0.05) is 0 Å². The maximum atomic E-state index is 12.3. The van der Waals surface area contributed by atoms with Crippen LogP contribution in [0.1, 0.15) is 10.5 Å². The minimum absolute atomic E-state index is 0.0391. The molecular formula is C20H19N3O7. The Morgan fingerprint density at radius 3 is 2.37 bits per heavy atom. The van der Waals surface area contributed by atoms with E-state index >= 15 is 0 Å². The van der Waals surface area contributed by atoms with Crippen LogP contribution >= 0.6 is 0 Å². The zero-order chi connectivity index (χ0) is 21.7. The highest BCUT2D eigenvalue weighted by Crippen LogP contribution is 2.29. The van der Waals surface area contributed by atoms with E-state index in [2.05, 4.69) is 4.98 Å². The molecule has 2 aromatic rings. The van der Waals surface area contributed by atoms with Gasteiger partial charge in [0.25, 0.3) is 5.91 Å². The van der Waals surface area contributed by atoms with Gasteiger partial charge in [0.2, 0.25) is 0 Å². The Balaban J connectivity index is 1.87. The molecule has 1 aliphatic heterocycles. The van der Waals surface area contributed by atoms with Crippen molar-refractivity contribution >= 4 is 23.5 Å². The second kappa shape index (κ2) is 9.05. The average molecular weight is 413 g/mol. The summed E-state index contributed by atoms with van der Waals surface area (Å²) >= 11 is 0. The Morgan fingerprint density at radius 2 is 1.73 bits per heavy atom. The smallest absolute Gasteiger partial charge is 0.355 e. The fourth-order valence-corrected chi connectivity index (χ4v) is 2.79. The van der Waals surface area contributed by atoms with Crippen molar-refractivity contribution in [3.05, 3.63) is 59.6 Å². The Morgan fingerprint density at radius 1 is 1.03 bits per heavy atom. The standard InChI is InChI=1S/C20H19N3O7/c1-27-19(25)15-10-29-11-23(17(15)20(26)28-2)12-3-5-13(6-4-12)30-14-7-8-22-16(9-14)18(21)24/h3-9H,10-11H2,1-2H3,(H2,21,24). The number of carbonyl (C=O) groups excluding carboxylic acids is 3. The van der Waals surface area contributed by atoms with Crippen molar-refractivity contribution in [2.75, 3.05) is 32.5 Å². The van der Waals surface area contributed by atoms with Crippen molar-refractivity contribution in [1.82, 2.24) is 4.98 Å². The number of rotatable bonds is 6. The van der Waals surface area contributed by atoms with Gasteiger partial charge in [-0.25, -0.2) is 9.59 Å². The first kappa shape index (κ1) is 20.8. The van der Waals surface area contributed by atoms with Crippen LogP contribution in [0.5, 0.6) is 11.5 Å². The van der Waals surface area contributed by atoms with Crippen LogP contribution in [0.2, 0.25) is 0 Å². The van der Waals surface area contributed by atoms with Crippen LogP contribution in [0, 0.1) is 0 Å². The number of aromatic nitrogens is 1. The molecule has 0 unspecified atom stereocenters. The van der Waals surface area contributed by atoms with Crippen molar-refractivity contribution in [3.63, 3.8) is 0 Å². The monoisotopic (exact) mass is 413 g/mol. The van der Waals surface area contributed by atoms with Crippen molar-refractivity contribution in [1.29, 1.82) is 0 Å². The second-order valence-electron chi connectivity index (χ2n) is 6.05. The molecule has 0 spiro atoms. The number of pyridine rings is 1. The first-order chi connectivity index (χ1) is 14.4. The molecule has 156 valence electrons. The predicted molar refractivity (Wildman–Crippen MR) is 104 cm³/mol. The normalized spacial score (nSPS) is 13.6. The first-order valence-corrected chi connectivity index (χ1v) is 8.73. The van der Waals surface area contributed by atoms with Crippen LogP contribution in [-0.4, -0.2) is 50.4 Å². The number of ether oxygens (including phenoxy) is 4. The van der Waals surface area contributed by atoms with Gasteiger partial charge in [-0.15, -0.1) is 0 Å². The summed E-state index contributed by atoms with van der Waals surface area (Å²) in [4.78, 5) is 41.0. The van der Waals surface area contributed by atoms with Gasteiger partial charge in [-0.05, 0) is 30.3 Å². The molecule has 0 radical (unpaired) electrons. The number of methoxy groups -OCH3 is 2. The maximum Gasteiger partial charge on any atom is 0.355 e. The van der Waals surface area contributed by atoms with Gasteiger partial charge in [-0.2, -0.15) is 0 Å². The van der Waals surface area contributed by atoms with Gasteiger partial charge in [0.1, 0.15) is 29.6 Å². The zero-order valence-corrected chi connectivity index (χ0v) is 16.3. The van der Waals surface area contributed by atoms with Gasteiger partial charge in [0.05, 0.1) is 26.4 Å². The van der Waals surface area contributed by atoms with E-state index in [1.54, 1.807) is 30.3 Å². The lowest BCUT2D eigenvalue weighted by Crippen LogP contribution is -2.38. The Kier molecular flexibility index (Phi) is 6.28. The first-order valence-electron chi connectivity index (χ1n) is 8.73. The molecule has 0 atom stereocenters. The molecule has 1 aromatic heterocycles. The summed E-state index contributed by atoms with van der Waals surface area (Å²) in [6.07, 6.45) is 1.41. The fraction of sp³-hybridized carbons (Fsp3) is 0.200. The number of esters is 2. The molecule has 1 amide bonds. The van der Waals surface area contributed by atoms with Crippen LogP contribution in [0.15, 0.2) is 53.9 Å². The van der Waals surface area contributed by atoms with Gasteiger partial charge in [-0.3, -0.25) is 9.78 Å². The minimum atomic E-state index is -0.685. The average Bonchev–Trinajstić information content (AvgIpc) is 2.78. The second-order valence-corrected chi connectivity index (χ2v) is 6.05. The summed E-state index contributed by atoms with van der Waals surface area (Å²) in [5.41, 5.74) is 5.98. The lowest BCUT2D eigenvalue weighted by molar-refractivity contribution is -0.140. The van der Waals surface area contributed by atoms with Gasteiger partial charge in [0.15, 0.2) is 0 Å². The topological polar surface area (TPSA) is 130 Å². The molecule has 0 fully saturated rings. The summed E-state index contributed by atoms with van der Waals surface area (Å²) in [7, 11) is 2.45. The van der Waals surface area contributed by atoms with Crippen molar-refractivity contribution in [2.45, 2.75) is 0 Å². The number of hydrogen-bond donors (Lipinski definition) is 1. The van der Waals surface area contributed by atoms with E-state index < -0.39 is 17.8 Å². The number of nitrogens with two attached hydrogens (primary N) is 1. The molecule has 10 heteroatoms. The van der Waals surface area contributed by atoms with E-state index in [0.29, 0.717) is 17.2 Å². The molecule has 0 aliphatic carbocycles. The highest BCUT2D eigenvalue weighted by molar-refractivity contribution is 6.03. The largest absolute Gasteiger partial charge is 0.466 e. The van der Waals surface area contributed by atoms with Crippen LogP contribution < -0.4 is 15.4 Å². The quantitative estimate of drug-likeness (QED) is 0.698. The van der Waals surface area contributed by atoms with Gasteiger partial charge >= 0.3 is 11.9 Å². The Bertz CT molecular complexity index is 1000. The number of hydrogen-bond acceptors (Lipinski definition) is 9. The third kappa shape index (κ3) is 4.39. The number of benzene rings is 1. The number of nitrogens with zero attached hydrogens (tertiary/aromatic N) is 2. The zero-order valence-electron chi connectivity index (χ0n) is 16.3. The van der Waals surface area contributed by atoms with Crippen LogP contribution in [0.25, 0.3) is 0 Å². The molecule has 3 rings (SSSR count). The molecular weight excluding hydrogens is 394 g/mol. The summed E-state index contributed by atoms with van der Waals surface area (Å²) in [5.74, 6) is -1.17. The van der Waals surface area contributed by atoms with E-state index in [1.165, 1.54) is 31.4 Å². The Hall–Kier alpha value is -3.92. The highest BCUT2D eigenvalue weighted by Gasteiger charge is 2.32. The molecule has 0 bridgehead atoms. The number of carbonyl (C=O) groups is 3. The van der Waals surface area contributed by atoms with E-state index in [0.717, 1.165) is 0 Å². The highest BCUT2D eigenvalue weighted by atomic mass is 16.5. The van der Waals surface area contributed by atoms with Crippen molar-refractivity contribution in [2.24, 2.45) is 5.73 Å². The number of anilines is 1. The van der Waals surface area contributed by atoms with Gasteiger partial charge in [0, 0.05) is 18.0 Å². The number of amides is 1. The van der Waals surface area contributed by atoms with E-state index in [1.807, 2.05) is 0 Å². The predicted octanol–water partition coefficient (Wildman–Crippen LogP) is 1.37. The van der Waals surface area contributed by atoms with Crippen LogP contribution in [0.4, 0.5) is 5.69 Å². The fourth-order valence-electron chi connectivity index (χ4n) is 2.79. The van der Waals surface area contributed by atoms with Crippen molar-refractivity contribution in [3.8, 4) is 11.5 Å². The van der Waals surface area contributed by atoms with Gasteiger partial charge < -0.3 is 29.6 Å². The van der Waals surface area contributed by atoms with Crippen LogP contribution in [0.3, 0.4) is 0 Å². The molecule has 30 heavy (non-hydrogen) atoms. The molecule has 1 aliphatic rings. The molecule has 10 nitrogen and oxygen atoms in total. The summed E-state index contributed by atoms with van der Waals surface area (Å²) in [5, 5.41) is 0. The minimum Gasteiger partial charge on any atom is -0.466 e. The third-order valence-electron chi connectivity index (χ3n) is 4.20. The lowest BCUT2D eigenvalue weighted by Gasteiger charge is -2.31. The summed E-state index contributed by atoms with van der Waals surface area (Å²) < 4.78 is 20.7. The van der Waals surface area contributed by atoms with E-state index in [-0.39, 0.29) is 30.3 Å². The molecule has 2 N–H and O–H groups in total. The van der Waals surface area contributed by atoms with E-state index in [4.69, 9.17) is 24.7 Å². The molecule has 0 saturated carbocycles. The molecule has 0 saturated heterocycles. The van der Waals surface area contributed by atoms with Crippen molar-refractivity contribution < 1.29 is 33.3 Å². The lowest BCUT2D eigenvalue weighted by atomic mass is 10.1. The summed E-state index contributed by atoms with van der Waals surface area (Å²) in [6, 6.07) is 9.67.